The summed E-state index contributed by atoms with van der Waals surface area (Å²) < 4.78 is 23.4. The van der Waals surface area contributed by atoms with Crippen molar-refractivity contribution in [3.63, 3.8) is 0 Å². The predicted octanol–water partition coefficient (Wildman–Crippen LogP) is 6.66. The Kier molecular flexibility index (Phi) is 35.4. The van der Waals surface area contributed by atoms with Crippen LogP contribution in [-0.2, 0) is 84.6 Å². The number of ether oxygens (including phenoxy) is 5. The van der Waals surface area contributed by atoms with Gasteiger partial charge in [0.1, 0.15) is 36.0 Å². The lowest BCUT2D eigenvalue weighted by molar-refractivity contribution is -0.385. The quantitative estimate of drug-likeness (QED) is 0.00390. The van der Waals surface area contributed by atoms with Gasteiger partial charge >= 0.3 is 29.8 Å². The number of aliphatic imine (C=N–C) groups is 2. The molecular formula is C73H71N13O22. The monoisotopic (exact) mass is 1480 g/mol. The minimum absolute atomic E-state index is 0.00962. The van der Waals surface area contributed by atoms with Gasteiger partial charge in [0.25, 0.3) is 41.0 Å². The molecule has 0 aliphatic rings. The molecule has 3 amide bonds. The van der Waals surface area contributed by atoms with Gasteiger partial charge in [-0.25, -0.2) is 24.0 Å². The van der Waals surface area contributed by atoms with E-state index < -0.39 is 92.5 Å². The van der Waals surface area contributed by atoms with Gasteiger partial charge in [0.05, 0.1) is 54.6 Å². The first-order chi connectivity index (χ1) is 51.5. The maximum Gasteiger partial charge on any atom is 0.328 e. The van der Waals surface area contributed by atoms with Crippen molar-refractivity contribution >= 4 is 99.5 Å². The largest absolute Gasteiger partial charge is 0.480 e. The molecule has 0 heterocycles. The summed E-state index contributed by atoms with van der Waals surface area (Å²) >= 11 is 0. The molecule has 0 aromatic heterocycles. The Bertz CT molecular complexity index is 4410. The Balaban J connectivity index is 0.000000290. The average molecular weight is 1480 g/mol. The number of isocyanates is 2. The number of carbonyl (C=O) groups is 8. The van der Waals surface area contributed by atoms with Crippen molar-refractivity contribution < 1.29 is 91.5 Å². The zero-order chi connectivity index (χ0) is 79.8. The van der Waals surface area contributed by atoms with Crippen LogP contribution in [-0.4, -0.2) is 138 Å². The van der Waals surface area contributed by atoms with Crippen molar-refractivity contribution in [2.45, 2.75) is 62.3 Å². The number of methoxy groups -OCH3 is 4. The van der Waals surface area contributed by atoms with E-state index in [0.717, 1.165) is 22.3 Å². The summed E-state index contributed by atoms with van der Waals surface area (Å²) in [5, 5.41) is 56.3. The van der Waals surface area contributed by atoms with Gasteiger partial charge in [0.15, 0.2) is 0 Å². The minimum Gasteiger partial charge on any atom is -0.480 e. The Morgan fingerprint density at radius 3 is 0.944 bits per heavy atom. The van der Waals surface area contributed by atoms with Crippen LogP contribution >= 0.6 is 0 Å². The van der Waals surface area contributed by atoms with E-state index in [4.69, 9.17) is 52.3 Å². The lowest BCUT2D eigenvalue weighted by Crippen LogP contribution is -2.43. The van der Waals surface area contributed by atoms with Crippen LogP contribution < -0.4 is 43.6 Å². The third kappa shape index (κ3) is 29.7. The summed E-state index contributed by atoms with van der Waals surface area (Å²) in [4.78, 5) is 152. The molecule has 8 aromatic carbocycles. The number of nitrogen functional groups attached to an aromatic ring is 2. The van der Waals surface area contributed by atoms with Gasteiger partial charge in [-0.3, -0.25) is 54.3 Å². The fraction of sp³-hybridized carbons (Fsp3) is 0.192. The molecule has 8 rings (SSSR count). The van der Waals surface area contributed by atoms with Gasteiger partial charge in [0, 0.05) is 83.7 Å². The van der Waals surface area contributed by atoms with Gasteiger partial charge in [0.2, 0.25) is 12.2 Å². The molecular weight excluding hydrogens is 1410 g/mol. The molecule has 12 N–H and O–H groups in total. The van der Waals surface area contributed by atoms with Crippen molar-refractivity contribution in [1.82, 2.24) is 16.0 Å². The Labute approximate surface area is 614 Å². The second-order valence-electron chi connectivity index (χ2n) is 22.2. The standard InChI is InChI=1S/C19H15N3O5.C18H17N3O4.C17H17N3O5.C10H12N2O4.C9H10N2O4/c1-26-19(25)17(10-13-2-8-16(9-3-13)27-11-20)22-18(24)14-4-6-15(7-5-14)21-12-23;1-25-18(24)16(10-12-2-6-14(19)7-3-12)21-17(23)13-4-8-15(9-5-13)20-11-22;1-25-17(22)15(10-11-2-6-13(18)7-3-11)19-16(21)12-4-8-14(9-5-12)20(23)24;1-16-10(13)9(11)6-7-2-4-8(5-3-7)12(14)15;10-8(9(12)13)5-6-1-3-7(4-2-6)11(14)15/h2-9,17H,10H2,1H3,(H,22,24);2-9,16H,10,19H2,1H3,(H,21,23);2-9,15H,10,18H2,1H3,(H,19,21);2-5,9H,6,11H2,1H3;1-4,8H,5,10H2,(H,12,13). The number of rotatable bonds is 27. The lowest BCUT2D eigenvalue weighted by atomic mass is 10.0. The van der Waals surface area contributed by atoms with E-state index in [-0.39, 0.29) is 48.3 Å². The summed E-state index contributed by atoms with van der Waals surface area (Å²) in [6.45, 7) is 0. The molecule has 0 saturated carbocycles. The van der Waals surface area contributed by atoms with Crippen molar-refractivity contribution in [3.05, 3.63) is 269 Å². The van der Waals surface area contributed by atoms with E-state index in [9.17, 15) is 78.3 Å². The fourth-order valence-corrected chi connectivity index (χ4v) is 9.04. The molecule has 0 spiro atoms. The van der Waals surface area contributed by atoms with Crippen LogP contribution in [0, 0.1) is 41.9 Å². The highest BCUT2D eigenvalue weighted by Crippen LogP contribution is 2.20. The number of non-ortho nitro benzene ring substituents is 3. The molecule has 0 saturated heterocycles. The van der Waals surface area contributed by atoms with E-state index >= 15 is 0 Å². The van der Waals surface area contributed by atoms with Gasteiger partial charge in [-0.15, -0.1) is 5.26 Å². The van der Waals surface area contributed by atoms with Crippen LogP contribution in [0.3, 0.4) is 0 Å². The molecule has 0 aliphatic heterocycles. The molecule has 0 aliphatic carbocycles. The number of nitro benzene ring substituents is 3. The lowest BCUT2D eigenvalue weighted by Gasteiger charge is -2.17. The van der Waals surface area contributed by atoms with Crippen LogP contribution in [0.5, 0.6) is 5.75 Å². The maximum atomic E-state index is 12.4. The number of anilines is 2. The number of nitrogens with one attached hydrogen (secondary N) is 3. The second-order valence-corrected chi connectivity index (χ2v) is 22.2. The Morgan fingerprint density at radius 2 is 0.676 bits per heavy atom. The number of esters is 4. The molecule has 0 fully saturated rings. The molecule has 0 radical (unpaired) electrons. The van der Waals surface area contributed by atoms with Crippen LogP contribution in [0.25, 0.3) is 0 Å². The zero-order valence-electron chi connectivity index (χ0n) is 57.9. The summed E-state index contributed by atoms with van der Waals surface area (Å²) in [7, 11) is 4.99. The molecule has 0 bridgehead atoms. The number of carboxylic acids is 1. The number of nitrogens with two attached hydrogens (primary N) is 4. The highest BCUT2D eigenvalue weighted by atomic mass is 16.6. The summed E-state index contributed by atoms with van der Waals surface area (Å²) in [5.41, 5.74) is 28.6. The number of nitro groups is 3. The number of nitrogens with zero attached hydrogens (tertiary/aromatic N) is 6. The van der Waals surface area contributed by atoms with E-state index in [0.29, 0.717) is 51.6 Å². The fourth-order valence-electron chi connectivity index (χ4n) is 9.04. The number of amides is 3. The smallest absolute Gasteiger partial charge is 0.328 e. The van der Waals surface area contributed by atoms with E-state index in [1.54, 1.807) is 91.2 Å². The van der Waals surface area contributed by atoms with Crippen molar-refractivity contribution in [2.24, 2.45) is 21.5 Å². The number of hydrogen-bond acceptors (Lipinski definition) is 28. The number of nitriles is 1. The highest BCUT2D eigenvalue weighted by Gasteiger charge is 2.26. The summed E-state index contributed by atoms with van der Waals surface area (Å²) in [6.07, 6.45) is 5.55. The molecule has 560 valence electrons. The van der Waals surface area contributed by atoms with Crippen molar-refractivity contribution in [2.75, 3.05) is 39.9 Å². The van der Waals surface area contributed by atoms with Gasteiger partial charge < -0.3 is 67.7 Å². The summed E-state index contributed by atoms with van der Waals surface area (Å²) in [5.74, 6) is -4.39. The first-order valence-electron chi connectivity index (χ1n) is 31.4. The Morgan fingerprint density at radius 1 is 0.417 bits per heavy atom. The number of aliphatic carboxylic acids is 1. The van der Waals surface area contributed by atoms with Crippen LogP contribution in [0.15, 0.2) is 204 Å². The number of hydrogen-bond donors (Lipinski definition) is 8. The van der Waals surface area contributed by atoms with Gasteiger partial charge in [-0.1, -0.05) is 60.7 Å². The molecule has 8 aromatic rings. The SMILES string of the molecule is COC(=O)C(Cc1ccc(N)cc1)NC(=O)c1ccc(N=C=O)cc1.COC(=O)C(Cc1ccc(N)cc1)NC(=O)c1ccc([N+](=O)[O-])cc1.COC(=O)C(Cc1ccc(OC#N)cc1)NC(=O)c1ccc(N=C=O)cc1.COC(=O)C(N)Cc1ccc([N+](=O)[O-])cc1.NC(Cc1ccc([N+](=O)[O-])cc1)C(=O)O. The van der Waals surface area contributed by atoms with Gasteiger partial charge in [-0.05, 0) is 138 Å². The molecule has 108 heavy (non-hydrogen) atoms. The Hall–Kier alpha value is -14.7. The first-order valence-corrected chi connectivity index (χ1v) is 31.4. The summed E-state index contributed by atoms with van der Waals surface area (Å²) in [6, 6.07) is 44.7. The number of benzene rings is 8. The number of carboxylic acid groups (broad SMARTS) is 1. The highest BCUT2D eigenvalue weighted by molar-refractivity contribution is 5.98. The third-order valence-electron chi connectivity index (χ3n) is 14.7. The van der Waals surface area contributed by atoms with Crippen molar-refractivity contribution in [1.29, 1.82) is 5.26 Å². The number of carbonyl (C=O) groups excluding carboxylic acids is 9. The molecule has 5 unspecified atom stereocenters. The van der Waals surface area contributed by atoms with Crippen LogP contribution in [0.4, 0.5) is 39.8 Å². The predicted molar refractivity (Wildman–Crippen MR) is 386 cm³/mol. The minimum atomic E-state index is -1.09. The topological polar surface area (TPSA) is 555 Å². The van der Waals surface area contributed by atoms with Crippen LogP contribution in [0.1, 0.15) is 58.9 Å². The first kappa shape index (κ1) is 85.7. The molecule has 5 atom stereocenters. The van der Waals surface area contributed by atoms with Crippen molar-refractivity contribution in [3.8, 4) is 12.0 Å². The van der Waals surface area contributed by atoms with E-state index in [2.05, 4.69) is 30.7 Å². The average Bonchev–Trinajstić information content (AvgIpc) is 0.852. The van der Waals surface area contributed by atoms with E-state index in [1.165, 1.54) is 150 Å². The zero-order valence-corrected chi connectivity index (χ0v) is 57.9. The molecule has 35 nitrogen and oxygen atoms in total. The maximum absolute atomic E-state index is 12.4. The van der Waals surface area contributed by atoms with Crippen LogP contribution in [0.2, 0.25) is 0 Å². The molecule has 35 heteroatoms. The third-order valence-corrected chi connectivity index (χ3v) is 14.7. The second kappa shape index (κ2) is 44.6. The van der Waals surface area contributed by atoms with E-state index in [1.807, 2.05) is 0 Å². The normalized spacial score (nSPS) is 11.3. The van der Waals surface area contributed by atoms with Gasteiger partial charge in [-0.2, -0.15) is 9.98 Å².